The van der Waals surface area contributed by atoms with Crippen molar-refractivity contribution >= 4 is 8.24 Å². The van der Waals surface area contributed by atoms with Gasteiger partial charge in [0.25, 0.3) is 0 Å². The van der Waals surface area contributed by atoms with Gasteiger partial charge >= 0.3 is 0 Å². The zero-order valence-corrected chi connectivity index (χ0v) is 20.0. The van der Waals surface area contributed by atoms with Crippen molar-refractivity contribution < 1.29 is 0 Å². The minimum atomic E-state index is -1.67. The molecule has 0 radical (unpaired) electrons. The summed E-state index contributed by atoms with van der Waals surface area (Å²) in [6.45, 7) is 26.5. The molecule has 4 unspecified atom stereocenters. The Bertz CT molecular complexity index is 507. The van der Waals surface area contributed by atoms with Gasteiger partial charge in [0.2, 0.25) is 0 Å². The Kier molecular flexibility index (Phi) is 7.78. The molecule has 0 spiro atoms. The van der Waals surface area contributed by atoms with E-state index in [2.05, 4.69) is 86.5 Å². The van der Waals surface area contributed by atoms with Crippen LogP contribution >= 0.6 is 0 Å². The molecule has 0 aromatic heterocycles. The lowest BCUT2D eigenvalue weighted by atomic mass is 9.87. The van der Waals surface area contributed by atoms with Crippen molar-refractivity contribution in [2.75, 3.05) is 0 Å². The van der Waals surface area contributed by atoms with Crippen molar-refractivity contribution in [1.29, 1.82) is 0 Å². The summed E-state index contributed by atoms with van der Waals surface area (Å²) in [5.74, 6) is 2.03. The summed E-state index contributed by atoms with van der Waals surface area (Å²) in [6, 6.07) is 0. The van der Waals surface area contributed by atoms with E-state index in [9.17, 15) is 0 Å². The minimum absolute atomic E-state index is 0.177. The molecule has 0 bridgehead atoms. The van der Waals surface area contributed by atoms with Gasteiger partial charge in [-0.1, -0.05) is 71.9 Å². The number of nitrogens with one attached hydrogen (secondary N) is 1. The second-order valence-corrected chi connectivity index (χ2v) is 14.3. The Labute approximate surface area is 159 Å². The first kappa shape index (κ1) is 22.7. The Morgan fingerprint density at radius 3 is 1.80 bits per heavy atom. The normalized spacial score (nSPS) is 22.8. The van der Waals surface area contributed by atoms with Gasteiger partial charge in [-0.05, 0) is 63.4 Å². The molecule has 0 aromatic carbocycles. The van der Waals surface area contributed by atoms with E-state index < -0.39 is 8.24 Å². The van der Waals surface area contributed by atoms with E-state index in [1.807, 2.05) is 0 Å². The van der Waals surface area contributed by atoms with E-state index in [0.29, 0.717) is 23.3 Å². The van der Waals surface area contributed by atoms with Crippen molar-refractivity contribution in [3.63, 3.8) is 0 Å². The Morgan fingerprint density at radius 2 is 1.40 bits per heavy atom. The molecule has 2 heteroatoms. The van der Waals surface area contributed by atoms with Gasteiger partial charge in [-0.25, -0.2) is 0 Å². The first-order valence-electron chi connectivity index (χ1n) is 10.6. The summed E-state index contributed by atoms with van der Waals surface area (Å²) in [7, 11) is -1.67. The predicted octanol–water partition coefficient (Wildman–Crippen LogP) is 7.32. The third-order valence-corrected chi connectivity index (χ3v) is 9.67. The highest BCUT2D eigenvalue weighted by molar-refractivity contribution is 6.78. The number of rotatable bonds is 8. The fourth-order valence-electron chi connectivity index (χ4n) is 4.63. The monoisotopic (exact) mass is 363 g/mol. The van der Waals surface area contributed by atoms with Crippen LogP contribution < -0.4 is 4.98 Å². The lowest BCUT2D eigenvalue weighted by Gasteiger charge is -2.42. The van der Waals surface area contributed by atoms with Gasteiger partial charge in [-0.2, -0.15) is 0 Å². The van der Waals surface area contributed by atoms with E-state index in [4.69, 9.17) is 0 Å². The zero-order chi connectivity index (χ0) is 19.6. The Balaban J connectivity index is 3.52. The fraction of sp³-hybridized carbons (Fsp3) is 0.826. The summed E-state index contributed by atoms with van der Waals surface area (Å²) in [6.07, 6.45) is 6.35. The maximum atomic E-state index is 4.10. The molecule has 0 fully saturated rings. The van der Waals surface area contributed by atoms with Crippen LogP contribution in [0.3, 0.4) is 0 Å². The van der Waals surface area contributed by atoms with E-state index in [0.717, 1.165) is 0 Å². The quantitative estimate of drug-likeness (QED) is 0.445. The summed E-state index contributed by atoms with van der Waals surface area (Å²) < 4.78 is 0. The highest BCUT2D eigenvalue weighted by Crippen LogP contribution is 2.51. The highest BCUT2D eigenvalue weighted by Gasteiger charge is 2.45. The van der Waals surface area contributed by atoms with Gasteiger partial charge in [0.15, 0.2) is 0 Å². The molecule has 146 valence electrons. The third kappa shape index (κ3) is 5.32. The maximum absolute atomic E-state index is 4.10. The maximum Gasteiger partial charge on any atom is 0.131 e. The molecule has 1 rings (SSSR count). The van der Waals surface area contributed by atoms with Gasteiger partial charge in [-0.15, -0.1) is 0 Å². The third-order valence-electron chi connectivity index (χ3n) is 6.19. The summed E-state index contributed by atoms with van der Waals surface area (Å²) in [5, 5.41) is 0. The lowest BCUT2D eigenvalue weighted by Crippen LogP contribution is -2.58. The molecular weight excluding hydrogens is 318 g/mol. The number of hydrogen-bond acceptors (Lipinski definition) is 1. The molecule has 1 N–H and O–H groups in total. The van der Waals surface area contributed by atoms with Crippen LogP contribution in [0.1, 0.15) is 81.6 Å². The van der Waals surface area contributed by atoms with E-state index in [-0.39, 0.29) is 5.54 Å². The molecule has 0 aliphatic heterocycles. The molecule has 0 heterocycles. The van der Waals surface area contributed by atoms with Crippen LogP contribution in [-0.4, -0.2) is 13.8 Å². The van der Waals surface area contributed by atoms with Crippen LogP contribution in [0.2, 0.25) is 18.6 Å². The first-order chi connectivity index (χ1) is 11.4. The summed E-state index contributed by atoms with van der Waals surface area (Å²) in [5.41, 5.74) is 6.01. The topological polar surface area (TPSA) is 12.0 Å². The minimum Gasteiger partial charge on any atom is -0.332 e. The predicted molar refractivity (Wildman–Crippen MR) is 118 cm³/mol. The highest BCUT2D eigenvalue weighted by atomic mass is 28.3. The average Bonchev–Trinajstić information content (AvgIpc) is 2.91. The standard InChI is InChI=1S/C23H45NSi/c1-12-16(4)19-15-20(17(5)13-2)22(21(19)18(6)14-3)25(10,11)24-23(7,8)9/h15-18,22,24H,12-14H2,1-11H3. The second kappa shape index (κ2) is 8.56. The molecule has 25 heavy (non-hydrogen) atoms. The van der Waals surface area contributed by atoms with Crippen LogP contribution in [0.15, 0.2) is 22.8 Å². The lowest BCUT2D eigenvalue weighted by molar-refractivity contribution is 0.502. The van der Waals surface area contributed by atoms with Gasteiger partial charge in [0.1, 0.15) is 8.24 Å². The van der Waals surface area contributed by atoms with Crippen LogP contribution in [0.4, 0.5) is 0 Å². The van der Waals surface area contributed by atoms with Gasteiger partial charge < -0.3 is 4.98 Å². The number of hydrogen-bond donors (Lipinski definition) is 1. The second-order valence-electron chi connectivity index (χ2n) is 10.0. The van der Waals surface area contributed by atoms with E-state index in [1.54, 1.807) is 16.7 Å². The molecule has 0 saturated heterocycles. The summed E-state index contributed by atoms with van der Waals surface area (Å²) in [4.78, 5) is 4.10. The SMILES string of the molecule is CCC(C)C1=CC(C(C)CC)=C(C(C)CC)C1[Si](C)(C)NC(C)(C)C. The molecule has 4 atom stereocenters. The van der Waals surface area contributed by atoms with Crippen LogP contribution in [0.25, 0.3) is 0 Å². The van der Waals surface area contributed by atoms with Crippen LogP contribution in [-0.2, 0) is 0 Å². The van der Waals surface area contributed by atoms with E-state index >= 15 is 0 Å². The molecule has 0 saturated carbocycles. The molecule has 1 aliphatic rings. The molecule has 1 aliphatic carbocycles. The molecule has 1 nitrogen and oxygen atoms in total. The van der Waals surface area contributed by atoms with Crippen molar-refractivity contribution in [2.24, 2.45) is 17.8 Å². The molecular formula is C23H45NSi. The first-order valence-corrected chi connectivity index (χ1v) is 13.7. The van der Waals surface area contributed by atoms with Gasteiger partial charge in [0, 0.05) is 11.1 Å². The Hall–Kier alpha value is -0.343. The number of allylic oxidation sites excluding steroid dienone is 4. The fourth-order valence-corrected chi connectivity index (χ4v) is 9.14. The zero-order valence-electron chi connectivity index (χ0n) is 19.0. The van der Waals surface area contributed by atoms with Crippen molar-refractivity contribution in [3.8, 4) is 0 Å². The van der Waals surface area contributed by atoms with Crippen molar-refractivity contribution in [3.05, 3.63) is 22.8 Å². The van der Waals surface area contributed by atoms with Crippen molar-refractivity contribution in [2.45, 2.75) is 106 Å². The molecule has 0 aromatic rings. The van der Waals surface area contributed by atoms with Crippen LogP contribution in [0, 0.1) is 17.8 Å². The largest absolute Gasteiger partial charge is 0.332 e. The summed E-state index contributed by atoms with van der Waals surface area (Å²) >= 11 is 0. The van der Waals surface area contributed by atoms with Crippen molar-refractivity contribution in [1.82, 2.24) is 4.98 Å². The van der Waals surface area contributed by atoms with Crippen LogP contribution in [0.5, 0.6) is 0 Å². The van der Waals surface area contributed by atoms with E-state index in [1.165, 1.54) is 19.3 Å². The van der Waals surface area contributed by atoms with Gasteiger partial charge in [-0.3, -0.25) is 0 Å². The average molecular weight is 364 g/mol. The molecule has 0 amide bonds. The van der Waals surface area contributed by atoms with Gasteiger partial charge in [0.05, 0.1) is 0 Å². The Morgan fingerprint density at radius 1 is 0.920 bits per heavy atom. The smallest absolute Gasteiger partial charge is 0.131 e.